The van der Waals surface area contributed by atoms with Gasteiger partial charge in [-0.25, -0.2) is 0 Å². The van der Waals surface area contributed by atoms with E-state index in [1.54, 1.807) is 6.92 Å². The van der Waals surface area contributed by atoms with Crippen molar-refractivity contribution < 1.29 is 20.6 Å². The molecule has 0 aliphatic carbocycles. The summed E-state index contributed by atoms with van der Waals surface area (Å²) >= 11 is 0.940. The normalized spacial score (nSPS) is 19.5. The van der Waals surface area contributed by atoms with Gasteiger partial charge in [0.25, 0.3) is 0 Å². The van der Waals surface area contributed by atoms with E-state index in [0.717, 1.165) is 11.3 Å². The maximum atomic E-state index is 9.29. The molecule has 0 saturated heterocycles. The van der Waals surface area contributed by atoms with Gasteiger partial charge in [-0.2, -0.15) is 0 Å². The molecule has 0 saturated carbocycles. The molecule has 0 N–H and O–H groups in total. The number of fused-ring (bicyclic) bond motifs is 2. The fourth-order valence-electron chi connectivity index (χ4n) is 3.41. The smallest absolute Gasteiger partial charge is 0.0880 e. The Kier molecular flexibility index (Phi) is 2.04. The zero-order valence-corrected chi connectivity index (χ0v) is 17.2. The Labute approximate surface area is 203 Å². The minimum absolute atomic E-state index is 0.0420. The summed E-state index contributed by atoms with van der Waals surface area (Å²) in [6, 6.07) is -4.13. The van der Waals surface area contributed by atoms with Crippen molar-refractivity contribution in [2.75, 3.05) is 0 Å². The quantitative estimate of drug-likeness (QED) is 0.278. The van der Waals surface area contributed by atoms with E-state index in [2.05, 4.69) is 4.98 Å². The van der Waals surface area contributed by atoms with Crippen molar-refractivity contribution >= 4 is 32.2 Å². The first kappa shape index (κ1) is 8.64. The summed E-state index contributed by atoms with van der Waals surface area (Å²) in [6.45, 7) is 1.58. The Morgan fingerprint density at radius 2 is 1.70 bits per heavy atom. The zero-order valence-electron chi connectivity index (χ0n) is 31.4. The molecule has 0 amide bonds. The van der Waals surface area contributed by atoms with E-state index in [1.807, 2.05) is 0 Å². The molecule has 0 fully saturated rings. The molecule has 2 aromatic heterocycles. The van der Waals surface area contributed by atoms with Gasteiger partial charge in [-0.3, -0.25) is 4.98 Å². The molecular weight excluding hydrogens is 382 g/mol. The lowest BCUT2D eigenvalue weighted by Gasteiger charge is -2.22. The van der Waals surface area contributed by atoms with Gasteiger partial charge in [0.2, 0.25) is 0 Å². The fraction of sp³-hybridized carbons (Fsp3) is 0.179. The molecule has 148 valence electrons. The molecule has 0 aliphatic heterocycles. The van der Waals surface area contributed by atoms with Crippen molar-refractivity contribution in [3.63, 3.8) is 0 Å². The molecule has 2 heterocycles. The molecule has 0 atom stereocenters. The highest BCUT2D eigenvalue weighted by Crippen LogP contribution is 2.43. The highest BCUT2D eigenvalue weighted by Gasteiger charge is 2.20. The number of pyridine rings is 1. The Bertz CT molecular complexity index is 2080. The number of rotatable bonds is 2. The Morgan fingerprint density at radius 3 is 2.50 bits per heavy atom. The van der Waals surface area contributed by atoms with Gasteiger partial charge >= 0.3 is 0 Å². The molecule has 5 rings (SSSR count). The van der Waals surface area contributed by atoms with Crippen molar-refractivity contribution in [3.8, 4) is 21.7 Å². The van der Waals surface area contributed by atoms with Crippen LogP contribution in [0.25, 0.3) is 42.6 Å². The first-order valence-electron chi connectivity index (χ1n) is 16.7. The number of thiophene rings is 1. The second-order valence-corrected chi connectivity index (χ2v) is 8.45. The van der Waals surface area contributed by atoms with Crippen molar-refractivity contribution in [2.24, 2.45) is 0 Å². The first-order valence-corrected chi connectivity index (χ1v) is 10.00. The third-order valence-corrected chi connectivity index (χ3v) is 6.15. The van der Waals surface area contributed by atoms with Gasteiger partial charge in [0, 0.05) is 20.7 Å². The molecule has 0 bridgehead atoms. The van der Waals surface area contributed by atoms with Gasteiger partial charge < -0.3 is 0 Å². The van der Waals surface area contributed by atoms with Gasteiger partial charge in [-0.1, -0.05) is 75.1 Å². The number of nitrogens with zero attached hydrogens (tertiary/aromatic N) is 1. The second kappa shape index (κ2) is 7.07. The van der Waals surface area contributed by atoms with Crippen molar-refractivity contribution in [2.45, 2.75) is 33.0 Å². The van der Waals surface area contributed by atoms with E-state index >= 15 is 0 Å². The summed E-state index contributed by atoms with van der Waals surface area (Å²) in [6.07, 6.45) is -0.503. The number of hydrogen-bond donors (Lipinski definition) is 0. The molecule has 30 heavy (non-hydrogen) atoms. The van der Waals surface area contributed by atoms with Crippen LogP contribution in [-0.4, -0.2) is 4.98 Å². The fourth-order valence-corrected chi connectivity index (χ4v) is 4.63. The summed E-state index contributed by atoms with van der Waals surface area (Å²) < 4.78 is 126. The van der Waals surface area contributed by atoms with Crippen LogP contribution in [0.4, 0.5) is 0 Å². The van der Waals surface area contributed by atoms with Gasteiger partial charge in [-0.15, -0.1) is 11.3 Å². The van der Waals surface area contributed by atoms with Gasteiger partial charge in [0.1, 0.15) is 0 Å². The predicted molar refractivity (Wildman–Crippen MR) is 131 cm³/mol. The molecular formula is C28H25NS. The van der Waals surface area contributed by atoms with Crippen molar-refractivity contribution in [1.82, 2.24) is 4.98 Å². The van der Waals surface area contributed by atoms with Crippen LogP contribution in [0.3, 0.4) is 0 Å². The van der Waals surface area contributed by atoms with Crippen molar-refractivity contribution in [1.29, 1.82) is 0 Å². The minimum Gasteiger partial charge on any atom is -0.255 e. The van der Waals surface area contributed by atoms with Crippen LogP contribution in [0.2, 0.25) is 0 Å². The van der Waals surface area contributed by atoms with E-state index in [9.17, 15) is 1.37 Å². The third-order valence-electron chi connectivity index (χ3n) is 4.83. The van der Waals surface area contributed by atoms with Crippen LogP contribution in [-0.2, 0) is 5.41 Å². The summed E-state index contributed by atoms with van der Waals surface area (Å²) in [5.41, 5.74) is -1.82. The molecule has 3 aromatic carbocycles. The topological polar surface area (TPSA) is 12.9 Å². The summed E-state index contributed by atoms with van der Waals surface area (Å²) in [5, 5.41) is -0.00436. The predicted octanol–water partition coefficient (Wildman–Crippen LogP) is 8.39. The largest absolute Gasteiger partial charge is 0.255 e. The average Bonchev–Trinajstić information content (AvgIpc) is 3.30. The van der Waals surface area contributed by atoms with Gasteiger partial charge in [-0.05, 0) is 63.3 Å². The van der Waals surface area contributed by atoms with Crippen molar-refractivity contribution in [3.05, 3.63) is 89.8 Å². The van der Waals surface area contributed by atoms with E-state index < -0.39 is 78.9 Å². The zero-order chi connectivity index (χ0) is 33.8. The van der Waals surface area contributed by atoms with Gasteiger partial charge in [0.15, 0.2) is 0 Å². The lowest BCUT2D eigenvalue weighted by atomic mass is 9.82. The van der Waals surface area contributed by atoms with E-state index in [1.165, 1.54) is 19.9 Å². The van der Waals surface area contributed by atoms with E-state index in [-0.39, 0.29) is 54.2 Å². The Hall–Kier alpha value is -2.97. The van der Waals surface area contributed by atoms with Gasteiger partial charge in [0.05, 0.1) is 26.8 Å². The summed E-state index contributed by atoms with van der Waals surface area (Å²) in [7, 11) is 0. The van der Waals surface area contributed by atoms with Crippen LogP contribution in [0.5, 0.6) is 0 Å². The molecule has 0 unspecified atom stereocenters. The SMILES string of the molecule is [2H]c1nc(-c2cc3c([2H])c([2H])c([2H])c([2H])c3c(C(C)(C)C([2H])([2H])[2H])c2[2H])c2sc(-c3c([2H])c([2H])c([2H])c([2H])c3[2H])c(C)c2c1[2H]. The number of aromatic nitrogens is 1. The number of hydrogen-bond acceptors (Lipinski definition) is 2. The standard InChI is InChI=1S/C28H25NS/c1-18-22-14-15-29-25(27(22)30-26(18)19-10-6-5-7-11-19)21-16-20-12-8-9-13-23(20)24(17-21)28(2,3)4/h5-17H,1-4H3/i2D3,5D,6D,7D,8D,9D,10D,11D,12D,13D,14D,15D,17D. The highest BCUT2D eigenvalue weighted by atomic mass is 32.1. The Balaban J connectivity index is 2.01. The maximum Gasteiger partial charge on any atom is 0.0880 e. The van der Waals surface area contributed by atoms with Crippen LogP contribution in [0, 0.1) is 6.92 Å². The highest BCUT2D eigenvalue weighted by molar-refractivity contribution is 7.23. The lowest BCUT2D eigenvalue weighted by Crippen LogP contribution is -2.12. The summed E-state index contributed by atoms with van der Waals surface area (Å²) in [5.74, 6) is 0. The lowest BCUT2D eigenvalue weighted by molar-refractivity contribution is 0.596. The number of aryl methyl sites for hydroxylation is 1. The minimum atomic E-state index is -2.72. The molecule has 5 aromatic rings. The van der Waals surface area contributed by atoms with E-state index in [4.69, 9.17) is 19.2 Å². The second-order valence-electron chi connectivity index (χ2n) is 7.43. The van der Waals surface area contributed by atoms with E-state index in [0.29, 0.717) is 5.56 Å². The van der Waals surface area contributed by atoms with Crippen LogP contribution < -0.4 is 0 Å². The average molecular weight is 423 g/mol. The first-order chi connectivity index (χ1) is 20.7. The van der Waals surface area contributed by atoms with Crippen LogP contribution in [0.1, 0.15) is 52.4 Å². The van der Waals surface area contributed by atoms with Crippen LogP contribution >= 0.6 is 11.3 Å². The molecule has 1 nitrogen and oxygen atoms in total. The van der Waals surface area contributed by atoms with Crippen LogP contribution in [0.15, 0.2) is 78.7 Å². The number of benzene rings is 3. The maximum absolute atomic E-state index is 9.29. The molecule has 0 radical (unpaired) electrons. The molecule has 0 spiro atoms. The third kappa shape index (κ3) is 3.12. The molecule has 0 aliphatic rings. The monoisotopic (exact) mass is 422 g/mol. The Morgan fingerprint density at radius 1 is 0.933 bits per heavy atom. The molecule has 2 heteroatoms. The summed E-state index contributed by atoms with van der Waals surface area (Å²) in [4.78, 5) is 4.52.